The van der Waals surface area contributed by atoms with Gasteiger partial charge in [-0.15, -0.1) is 4.40 Å². The molecule has 1 amide bonds. The van der Waals surface area contributed by atoms with E-state index in [9.17, 15) is 13.2 Å². The van der Waals surface area contributed by atoms with Crippen molar-refractivity contribution in [2.45, 2.75) is 4.90 Å². The van der Waals surface area contributed by atoms with Crippen molar-refractivity contribution in [2.24, 2.45) is 4.40 Å². The molecular formula is C14H12N4O3S. The summed E-state index contributed by atoms with van der Waals surface area (Å²) in [6, 6.07) is 9.60. The molecule has 2 aromatic rings. The topological polar surface area (TPSA) is 91.7 Å². The van der Waals surface area contributed by atoms with E-state index < -0.39 is 10.0 Å². The van der Waals surface area contributed by atoms with Crippen molar-refractivity contribution in [3.8, 4) is 0 Å². The number of amidine groups is 1. The SMILES string of the molecule is CN(NC(=O)c1ccncc1)C1=NS(=O)(=O)c2ccccc21. The predicted molar refractivity (Wildman–Crippen MR) is 79.6 cm³/mol. The third kappa shape index (κ3) is 2.44. The Bertz CT molecular complexity index is 863. The molecule has 0 radical (unpaired) electrons. The summed E-state index contributed by atoms with van der Waals surface area (Å²) < 4.78 is 27.7. The Kier molecular flexibility index (Phi) is 3.38. The van der Waals surface area contributed by atoms with Crippen molar-refractivity contribution in [3.63, 3.8) is 0 Å². The molecule has 0 fully saturated rings. The molecule has 0 bridgehead atoms. The van der Waals surface area contributed by atoms with E-state index in [0.29, 0.717) is 11.1 Å². The third-order valence-corrected chi connectivity index (χ3v) is 4.47. The fraction of sp³-hybridized carbons (Fsp3) is 0.0714. The minimum atomic E-state index is -3.72. The lowest BCUT2D eigenvalue weighted by Gasteiger charge is -2.19. The molecular weight excluding hydrogens is 304 g/mol. The van der Waals surface area contributed by atoms with Gasteiger partial charge < -0.3 is 0 Å². The van der Waals surface area contributed by atoms with E-state index in [2.05, 4.69) is 14.8 Å². The Morgan fingerprint density at radius 2 is 1.82 bits per heavy atom. The van der Waals surface area contributed by atoms with Gasteiger partial charge in [-0.2, -0.15) is 8.42 Å². The average Bonchev–Trinajstić information content (AvgIpc) is 2.80. The van der Waals surface area contributed by atoms with Crippen LogP contribution in [0.25, 0.3) is 0 Å². The smallest absolute Gasteiger partial charge is 0.270 e. The van der Waals surface area contributed by atoms with Crippen LogP contribution >= 0.6 is 0 Å². The number of fused-ring (bicyclic) bond motifs is 1. The highest BCUT2D eigenvalue weighted by atomic mass is 32.2. The minimum Gasteiger partial charge on any atom is -0.270 e. The standard InChI is InChI=1S/C14H12N4O3S/c1-18(16-14(19)10-6-8-15-9-7-10)13-11-4-2-3-5-12(11)22(20,21)17-13/h2-9H,1H3,(H,16,19). The molecule has 112 valence electrons. The summed E-state index contributed by atoms with van der Waals surface area (Å²) in [7, 11) is -2.18. The number of aromatic nitrogens is 1. The number of carbonyl (C=O) groups excluding carboxylic acids is 1. The van der Waals surface area contributed by atoms with Gasteiger partial charge in [-0.05, 0) is 24.3 Å². The number of sulfonamides is 1. The van der Waals surface area contributed by atoms with E-state index in [-0.39, 0.29) is 16.6 Å². The third-order valence-electron chi connectivity index (χ3n) is 3.14. The van der Waals surface area contributed by atoms with Crippen LogP contribution in [-0.4, -0.2) is 37.2 Å². The molecule has 8 heteroatoms. The largest absolute Gasteiger partial charge is 0.285 e. The average molecular weight is 316 g/mol. The summed E-state index contributed by atoms with van der Waals surface area (Å²) in [4.78, 5) is 16.1. The maximum absolute atomic E-state index is 12.1. The zero-order valence-electron chi connectivity index (χ0n) is 11.6. The van der Waals surface area contributed by atoms with Gasteiger partial charge in [0.05, 0.1) is 0 Å². The summed E-state index contributed by atoms with van der Waals surface area (Å²) in [5.74, 6) is -0.201. The molecule has 22 heavy (non-hydrogen) atoms. The van der Waals surface area contributed by atoms with Crippen LogP contribution in [0.15, 0.2) is 58.1 Å². The molecule has 0 aliphatic carbocycles. The predicted octanol–water partition coefficient (Wildman–Crippen LogP) is 0.807. The monoisotopic (exact) mass is 316 g/mol. The number of pyridine rings is 1. The van der Waals surface area contributed by atoms with Crippen molar-refractivity contribution in [1.29, 1.82) is 0 Å². The molecule has 0 unspecified atom stereocenters. The van der Waals surface area contributed by atoms with Crippen LogP contribution in [0.3, 0.4) is 0 Å². The summed E-state index contributed by atoms with van der Waals surface area (Å²) in [5, 5.41) is 1.30. The van der Waals surface area contributed by atoms with Crippen LogP contribution in [0.2, 0.25) is 0 Å². The highest BCUT2D eigenvalue weighted by Crippen LogP contribution is 2.26. The van der Waals surface area contributed by atoms with Crippen molar-refractivity contribution in [2.75, 3.05) is 7.05 Å². The summed E-state index contributed by atoms with van der Waals surface area (Å²) in [6.45, 7) is 0. The zero-order valence-corrected chi connectivity index (χ0v) is 12.4. The summed E-state index contributed by atoms with van der Waals surface area (Å²) >= 11 is 0. The molecule has 1 aliphatic rings. The second-order valence-corrected chi connectivity index (χ2v) is 6.19. The van der Waals surface area contributed by atoms with Crippen LogP contribution in [-0.2, 0) is 10.0 Å². The Morgan fingerprint density at radius 3 is 2.55 bits per heavy atom. The highest BCUT2D eigenvalue weighted by molar-refractivity contribution is 7.90. The Morgan fingerprint density at radius 1 is 1.14 bits per heavy atom. The quantitative estimate of drug-likeness (QED) is 0.786. The van der Waals surface area contributed by atoms with Crippen molar-refractivity contribution >= 4 is 21.8 Å². The Balaban J connectivity index is 1.88. The fourth-order valence-electron chi connectivity index (χ4n) is 2.10. The van der Waals surface area contributed by atoms with Gasteiger partial charge in [-0.25, -0.2) is 0 Å². The number of carbonyl (C=O) groups is 1. The number of rotatable bonds is 1. The number of nitrogens with zero attached hydrogens (tertiary/aromatic N) is 3. The lowest BCUT2D eigenvalue weighted by atomic mass is 10.2. The van der Waals surface area contributed by atoms with E-state index in [1.807, 2.05) is 0 Å². The molecule has 1 aliphatic heterocycles. The van der Waals surface area contributed by atoms with Gasteiger partial charge in [-0.3, -0.25) is 20.2 Å². The maximum Gasteiger partial charge on any atom is 0.285 e. The van der Waals surface area contributed by atoms with Crippen molar-refractivity contribution < 1.29 is 13.2 Å². The number of hydrogen-bond donors (Lipinski definition) is 1. The van der Waals surface area contributed by atoms with Crippen LogP contribution in [0.5, 0.6) is 0 Å². The van der Waals surface area contributed by atoms with Crippen LogP contribution < -0.4 is 5.43 Å². The highest BCUT2D eigenvalue weighted by Gasteiger charge is 2.31. The number of nitrogens with one attached hydrogen (secondary N) is 1. The number of amides is 1. The molecule has 1 N–H and O–H groups in total. The van der Waals surface area contributed by atoms with Gasteiger partial charge in [0.15, 0.2) is 5.84 Å². The molecule has 0 saturated heterocycles. The molecule has 1 aromatic heterocycles. The lowest BCUT2D eigenvalue weighted by Crippen LogP contribution is -2.43. The van der Waals surface area contributed by atoms with E-state index in [0.717, 1.165) is 0 Å². The molecule has 0 spiro atoms. The van der Waals surface area contributed by atoms with Gasteiger partial charge in [0.1, 0.15) is 4.90 Å². The normalized spacial score (nSPS) is 14.9. The van der Waals surface area contributed by atoms with Gasteiger partial charge in [0, 0.05) is 30.6 Å². The first-order chi connectivity index (χ1) is 10.5. The molecule has 3 rings (SSSR count). The van der Waals surface area contributed by atoms with Crippen LogP contribution in [0.4, 0.5) is 0 Å². The van der Waals surface area contributed by atoms with E-state index >= 15 is 0 Å². The molecule has 7 nitrogen and oxygen atoms in total. The Hall–Kier alpha value is -2.74. The molecule has 0 saturated carbocycles. The van der Waals surface area contributed by atoms with Crippen molar-refractivity contribution in [3.05, 3.63) is 59.9 Å². The summed E-state index contributed by atoms with van der Waals surface area (Å²) in [5.41, 5.74) is 3.46. The number of hydrogen-bond acceptors (Lipinski definition) is 5. The van der Waals surface area contributed by atoms with E-state index in [1.54, 1.807) is 30.3 Å². The zero-order chi connectivity index (χ0) is 15.7. The first-order valence-electron chi connectivity index (χ1n) is 6.38. The second-order valence-electron chi connectivity index (χ2n) is 4.62. The first kappa shape index (κ1) is 14.2. The van der Waals surface area contributed by atoms with Crippen molar-refractivity contribution in [1.82, 2.24) is 15.4 Å². The number of benzene rings is 1. The van der Waals surface area contributed by atoms with Gasteiger partial charge in [-0.1, -0.05) is 12.1 Å². The first-order valence-corrected chi connectivity index (χ1v) is 7.82. The van der Waals surface area contributed by atoms with E-state index in [4.69, 9.17) is 0 Å². The lowest BCUT2D eigenvalue weighted by molar-refractivity contribution is 0.0887. The molecule has 1 aromatic carbocycles. The van der Waals surface area contributed by atoms with Crippen LogP contribution in [0, 0.1) is 0 Å². The molecule has 0 atom stereocenters. The van der Waals surface area contributed by atoms with E-state index in [1.165, 1.54) is 30.5 Å². The maximum atomic E-state index is 12.1. The number of hydrazine groups is 1. The Labute approximate surface area is 127 Å². The second kappa shape index (κ2) is 5.23. The van der Waals surface area contributed by atoms with Gasteiger partial charge >= 0.3 is 0 Å². The van der Waals surface area contributed by atoms with Gasteiger partial charge in [0.25, 0.3) is 15.9 Å². The molecule has 2 heterocycles. The van der Waals surface area contributed by atoms with Crippen LogP contribution in [0.1, 0.15) is 15.9 Å². The minimum absolute atomic E-state index is 0.134. The fourth-order valence-corrected chi connectivity index (χ4v) is 3.34. The van der Waals surface area contributed by atoms with Gasteiger partial charge in [0.2, 0.25) is 0 Å². The summed E-state index contributed by atoms with van der Waals surface area (Å²) in [6.07, 6.45) is 3.00.